The van der Waals surface area contributed by atoms with Gasteiger partial charge in [-0.05, 0) is 25.7 Å². The van der Waals surface area contributed by atoms with Gasteiger partial charge in [-0.3, -0.25) is 13.8 Å². The zero-order chi connectivity index (χ0) is 12.7. The van der Waals surface area contributed by atoms with Crippen molar-refractivity contribution in [2.24, 2.45) is 0 Å². The number of amides is 1. The van der Waals surface area contributed by atoms with Gasteiger partial charge in [-0.25, -0.2) is 0 Å². The van der Waals surface area contributed by atoms with Gasteiger partial charge < -0.3 is 10.0 Å². The first-order valence-corrected chi connectivity index (χ1v) is 7.43. The van der Waals surface area contributed by atoms with Crippen molar-refractivity contribution in [3.63, 3.8) is 0 Å². The maximum Gasteiger partial charge on any atom is 0.303 e. The van der Waals surface area contributed by atoms with E-state index in [0.29, 0.717) is 12.2 Å². The summed E-state index contributed by atoms with van der Waals surface area (Å²) in [5.74, 6) is -0.603. The van der Waals surface area contributed by atoms with Crippen LogP contribution >= 0.6 is 0 Å². The van der Waals surface area contributed by atoms with Crippen LogP contribution in [0.2, 0.25) is 0 Å². The Morgan fingerprint density at radius 1 is 1.18 bits per heavy atom. The van der Waals surface area contributed by atoms with Crippen molar-refractivity contribution in [3.8, 4) is 0 Å². The Morgan fingerprint density at radius 2 is 1.82 bits per heavy atom. The van der Waals surface area contributed by atoms with Crippen LogP contribution in [-0.2, 0) is 20.4 Å². The molecule has 1 amide bonds. The Morgan fingerprint density at radius 3 is 2.41 bits per heavy atom. The number of aliphatic carboxylic acids is 1. The topological polar surface area (TPSA) is 74.7 Å². The molecule has 0 aromatic heterocycles. The smallest absolute Gasteiger partial charge is 0.303 e. The summed E-state index contributed by atoms with van der Waals surface area (Å²) in [5, 5.41) is 8.44. The predicted molar refractivity (Wildman–Crippen MR) is 65.2 cm³/mol. The molecule has 0 bridgehead atoms. The molecule has 6 heteroatoms. The van der Waals surface area contributed by atoms with Gasteiger partial charge in [-0.1, -0.05) is 0 Å². The first kappa shape index (κ1) is 14.2. The molecule has 5 nitrogen and oxygen atoms in total. The van der Waals surface area contributed by atoms with E-state index in [1.54, 1.807) is 4.90 Å². The fourth-order valence-electron chi connectivity index (χ4n) is 1.83. The van der Waals surface area contributed by atoms with Crippen LogP contribution in [0.1, 0.15) is 32.1 Å². The number of carbonyl (C=O) groups excluding carboxylic acids is 1. The number of rotatable bonds is 6. The molecule has 0 radical (unpaired) electrons. The average molecular weight is 261 g/mol. The van der Waals surface area contributed by atoms with E-state index in [1.165, 1.54) is 0 Å². The van der Waals surface area contributed by atoms with E-state index in [1.807, 2.05) is 0 Å². The molecule has 0 aromatic rings. The van der Waals surface area contributed by atoms with Gasteiger partial charge >= 0.3 is 5.97 Å². The van der Waals surface area contributed by atoms with Gasteiger partial charge in [-0.15, -0.1) is 0 Å². The second-order valence-corrected chi connectivity index (χ2v) is 5.80. The summed E-state index contributed by atoms with van der Waals surface area (Å²) in [7, 11) is -1.22. The highest BCUT2D eigenvalue weighted by molar-refractivity contribution is 7.85. The van der Waals surface area contributed by atoms with Crippen LogP contribution in [-0.4, -0.2) is 50.7 Å². The van der Waals surface area contributed by atoms with E-state index in [2.05, 4.69) is 0 Å². The van der Waals surface area contributed by atoms with E-state index in [9.17, 15) is 13.8 Å². The molecule has 1 N–H and O–H groups in total. The lowest BCUT2D eigenvalue weighted by Gasteiger charge is -2.26. The Balaban J connectivity index is 2.20. The number of hydrogen-bond acceptors (Lipinski definition) is 3. The highest BCUT2D eigenvalue weighted by Crippen LogP contribution is 2.09. The minimum atomic E-state index is -1.22. The minimum Gasteiger partial charge on any atom is -0.481 e. The van der Waals surface area contributed by atoms with Gasteiger partial charge in [0.15, 0.2) is 0 Å². The van der Waals surface area contributed by atoms with Crippen LogP contribution in [0.4, 0.5) is 0 Å². The quantitative estimate of drug-likeness (QED) is 0.760. The zero-order valence-electron chi connectivity index (χ0n) is 9.89. The number of piperidine rings is 1. The predicted octanol–water partition coefficient (Wildman–Crippen LogP) is 0.612. The van der Waals surface area contributed by atoms with Crippen molar-refractivity contribution in [1.82, 2.24) is 4.90 Å². The molecule has 1 heterocycles. The lowest BCUT2D eigenvalue weighted by molar-refractivity contribution is -0.137. The monoisotopic (exact) mass is 261 g/mol. The summed E-state index contributed by atoms with van der Waals surface area (Å²) >= 11 is 0. The van der Waals surface area contributed by atoms with Gasteiger partial charge in [0.2, 0.25) is 5.91 Å². The van der Waals surface area contributed by atoms with Crippen LogP contribution in [0.3, 0.4) is 0 Å². The van der Waals surface area contributed by atoms with E-state index >= 15 is 0 Å². The van der Waals surface area contributed by atoms with Crippen LogP contribution < -0.4 is 0 Å². The van der Waals surface area contributed by atoms with Gasteiger partial charge in [-0.2, -0.15) is 0 Å². The highest BCUT2D eigenvalue weighted by atomic mass is 32.2. The van der Waals surface area contributed by atoms with E-state index in [4.69, 9.17) is 5.11 Å². The van der Waals surface area contributed by atoms with Crippen LogP contribution in [0.15, 0.2) is 0 Å². The van der Waals surface area contributed by atoms with Crippen LogP contribution in [0, 0.1) is 0 Å². The van der Waals surface area contributed by atoms with Gasteiger partial charge in [0, 0.05) is 36.1 Å². The first-order valence-electron chi connectivity index (χ1n) is 5.94. The normalized spacial score (nSPS) is 17.8. The second kappa shape index (κ2) is 7.42. The molecule has 0 aromatic carbocycles. The Bertz CT molecular complexity index is 300. The van der Waals surface area contributed by atoms with Crippen molar-refractivity contribution in [2.45, 2.75) is 32.1 Å². The molecule has 0 spiro atoms. The summed E-state index contributed by atoms with van der Waals surface area (Å²) in [4.78, 5) is 23.8. The number of likely N-dealkylation sites (tertiary alicyclic amines) is 1. The number of carboxylic acid groups (broad SMARTS) is 1. The summed E-state index contributed by atoms with van der Waals surface area (Å²) in [5.41, 5.74) is 0. The standard InChI is InChI=1S/C11H19NO4S/c13-10(12-6-2-1-3-7-12)9-17(16)8-4-5-11(14)15/h1-9H2,(H,14,15). The Labute approximate surface area is 104 Å². The maximum atomic E-state index is 11.7. The largest absolute Gasteiger partial charge is 0.481 e. The molecule has 1 rings (SSSR count). The lowest BCUT2D eigenvalue weighted by atomic mass is 10.1. The third-order valence-electron chi connectivity index (χ3n) is 2.76. The molecule has 17 heavy (non-hydrogen) atoms. The molecule has 0 saturated carbocycles. The molecule has 1 unspecified atom stereocenters. The summed E-state index contributed by atoms with van der Waals surface area (Å²) in [6.07, 6.45) is 3.60. The van der Waals surface area contributed by atoms with Crippen molar-refractivity contribution < 1.29 is 18.9 Å². The van der Waals surface area contributed by atoms with Crippen LogP contribution in [0.25, 0.3) is 0 Å². The van der Waals surface area contributed by atoms with Gasteiger partial charge in [0.1, 0.15) is 5.75 Å². The first-order chi connectivity index (χ1) is 8.09. The maximum absolute atomic E-state index is 11.7. The van der Waals surface area contributed by atoms with Crippen molar-refractivity contribution >= 4 is 22.7 Å². The van der Waals surface area contributed by atoms with E-state index < -0.39 is 16.8 Å². The summed E-state index contributed by atoms with van der Waals surface area (Å²) < 4.78 is 11.5. The molecule has 0 aliphatic carbocycles. The zero-order valence-corrected chi connectivity index (χ0v) is 10.7. The Kier molecular flexibility index (Phi) is 6.18. The fourth-order valence-corrected chi connectivity index (χ4v) is 2.90. The van der Waals surface area contributed by atoms with Gasteiger partial charge in [0.25, 0.3) is 0 Å². The molecule has 1 aliphatic rings. The summed E-state index contributed by atoms with van der Waals surface area (Å²) in [6.45, 7) is 1.54. The molecule has 1 atom stereocenters. The molecule has 98 valence electrons. The van der Waals surface area contributed by atoms with Crippen molar-refractivity contribution in [2.75, 3.05) is 24.6 Å². The fraction of sp³-hybridized carbons (Fsp3) is 0.818. The number of carboxylic acids is 1. The van der Waals surface area contributed by atoms with Crippen molar-refractivity contribution in [1.29, 1.82) is 0 Å². The lowest BCUT2D eigenvalue weighted by Crippen LogP contribution is -2.38. The second-order valence-electron chi connectivity index (χ2n) is 4.23. The number of carbonyl (C=O) groups is 2. The third kappa shape index (κ3) is 5.81. The molecule has 1 aliphatic heterocycles. The van der Waals surface area contributed by atoms with Gasteiger partial charge in [0.05, 0.1) is 0 Å². The molecule has 1 fully saturated rings. The Hall–Kier alpha value is -0.910. The number of hydrogen-bond donors (Lipinski definition) is 1. The van der Waals surface area contributed by atoms with E-state index in [0.717, 1.165) is 32.4 Å². The SMILES string of the molecule is O=C(O)CCCS(=O)CC(=O)N1CCCCC1. The van der Waals surface area contributed by atoms with E-state index in [-0.39, 0.29) is 18.1 Å². The average Bonchev–Trinajstić information content (AvgIpc) is 2.29. The summed E-state index contributed by atoms with van der Waals surface area (Å²) in [6, 6.07) is 0. The molecular formula is C11H19NO4S. The van der Waals surface area contributed by atoms with Crippen LogP contribution in [0.5, 0.6) is 0 Å². The minimum absolute atomic E-state index is 0.0175. The van der Waals surface area contributed by atoms with Crippen molar-refractivity contribution in [3.05, 3.63) is 0 Å². The number of nitrogens with zero attached hydrogens (tertiary/aromatic N) is 1. The molecule has 1 saturated heterocycles. The molecular weight excluding hydrogens is 242 g/mol. The highest BCUT2D eigenvalue weighted by Gasteiger charge is 2.18. The third-order valence-corrected chi connectivity index (χ3v) is 4.07.